The minimum atomic E-state index is -0.424. The van der Waals surface area contributed by atoms with Gasteiger partial charge in [-0.05, 0) is 31.6 Å². The van der Waals surface area contributed by atoms with Gasteiger partial charge >= 0.3 is 6.08 Å². The van der Waals surface area contributed by atoms with Crippen LogP contribution in [0.25, 0.3) is 0 Å². The van der Waals surface area contributed by atoms with E-state index in [0.29, 0.717) is 5.82 Å². The topological polar surface area (TPSA) is 74.2 Å². The highest BCUT2D eigenvalue weighted by Crippen LogP contribution is 2.36. The largest absolute Gasteiger partial charge is 0.452 e. The van der Waals surface area contributed by atoms with Crippen molar-refractivity contribution in [1.29, 1.82) is 0 Å². The second-order valence-corrected chi connectivity index (χ2v) is 4.43. The minimum Gasteiger partial charge on any atom is -0.452 e. The van der Waals surface area contributed by atoms with Gasteiger partial charge in [-0.1, -0.05) is 12.1 Å². The van der Waals surface area contributed by atoms with Crippen LogP contribution in [-0.4, -0.2) is 17.3 Å². The molecular formula is C10H17N3O2. The van der Waals surface area contributed by atoms with E-state index in [2.05, 4.69) is 17.1 Å². The number of hydrogen-bond acceptors (Lipinski definition) is 5. The summed E-state index contributed by atoms with van der Waals surface area (Å²) in [5.74, 6) is 1.32. The Bertz CT molecular complexity index is 329. The van der Waals surface area contributed by atoms with E-state index in [1.54, 1.807) is 0 Å². The Kier molecular flexibility index (Phi) is 2.65. The Labute approximate surface area is 89.0 Å². The molecule has 2 N–H and O–H groups in total. The summed E-state index contributed by atoms with van der Waals surface area (Å²) in [5, 5.41) is 3.87. The van der Waals surface area contributed by atoms with Crippen LogP contribution in [0.2, 0.25) is 0 Å². The van der Waals surface area contributed by atoms with Gasteiger partial charge in [-0.3, -0.25) is 4.52 Å². The van der Waals surface area contributed by atoms with Gasteiger partial charge in [0.15, 0.2) is 5.82 Å². The van der Waals surface area contributed by atoms with Gasteiger partial charge in [0.1, 0.15) is 0 Å². The maximum absolute atomic E-state index is 6.27. The molecule has 0 unspecified atom stereocenters. The molecule has 15 heavy (non-hydrogen) atoms. The van der Waals surface area contributed by atoms with Gasteiger partial charge in [-0.15, -0.1) is 0 Å². The van der Waals surface area contributed by atoms with Crippen LogP contribution in [-0.2, 0) is 5.54 Å². The van der Waals surface area contributed by atoms with Crippen molar-refractivity contribution in [2.24, 2.45) is 11.7 Å². The van der Waals surface area contributed by atoms with Crippen molar-refractivity contribution in [1.82, 2.24) is 10.1 Å². The highest BCUT2D eigenvalue weighted by Gasteiger charge is 2.36. The molecule has 0 saturated heterocycles. The zero-order valence-electron chi connectivity index (χ0n) is 9.19. The number of hydrogen-bond donors (Lipinski definition) is 1. The summed E-state index contributed by atoms with van der Waals surface area (Å²) in [4.78, 5) is 4.12. The lowest BCUT2D eigenvalue weighted by molar-refractivity contribution is 0.224. The maximum atomic E-state index is 6.27. The molecule has 2 rings (SSSR count). The molecule has 1 fully saturated rings. The van der Waals surface area contributed by atoms with Crippen LogP contribution in [0.4, 0.5) is 0 Å². The summed E-state index contributed by atoms with van der Waals surface area (Å²) < 4.78 is 9.75. The van der Waals surface area contributed by atoms with Crippen molar-refractivity contribution in [2.75, 3.05) is 7.11 Å². The lowest BCUT2D eigenvalue weighted by Gasteiger charge is -2.33. The highest BCUT2D eigenvalue weighted by molar-refractivity contribution is 5.07. The Morgan fingerprint density at radius 2 is 2.13 bits per heavy atom. The summed E-state index contributed by atoms with van der Waals surface area (Å²) in [6.07, 6.45) is 4.25. The van der Waals surface area contributed by atoms with E-state index >= 15 is 0 Å². The molecule has 1 heterocycles. The first-order valence-electron chi connectivity index (χ1n) is 5.31. The monoisotopic (exact) mass is 211 g/mol. The van der Waals surface area contributed by atoms with Crippen LogP contribution < -0.4 is 10.5 Å². The van der Waals surface area contributed by atoms with Gasteiger partial charge in [0.05, 0.1) is 12.6 Å². The van der Waals surface area contributed by atoms with E-state index < -0.39 is 5.54 Å². The third-order valence-electron chi connectivity index (χ3n) is 3.19. The van der Waals surface area contributed by atoms with Crippen molar-refractivity contribution in [2.45, 2.75) is 38.1 Å². The molecule has 0 spiro atoms. The van der Waals surface area contributed by atoms with Crippen LogP contribution in [0.15, 0.2) is 4.52 Å². The molecule has 1 saturated carbocycles. The van der Waals surface area contributed by atoms with Crippen LogP contribution >= 0.6 is 0 Å². The van der Waals surface area contributed by atoms with E-state index in [4.69, 9.17) is 15.0 Å². The van der Waals surface area contributed by atoms with Crippen molar-refractivity contribution >= 4 is 0 Å². The average Bonchev–Trinajstić information content (AvgIpc) is 2.72. The first-order valence-corrected chi connectivity index (χ1v) is 5.31. The van der Waals surface area contributed by atoms with Crippen LogP contribution in [0, 0.1) is 5.92 Å². The summed E-state index contributed by atoms with van der Waals surface area (Å²) in [6, 6.07) is 0. The fraction of sp³-hybridized carbons (Fsp3) is 0.800. The number of ether oxygens (including phenoxy) is 1. The van der Waals surface area contributed by atoms with Gasteiger partial charge in [-0.25, -0.2) is 0 Å². The van der Waals surface area contributed by atoms with Crippen molar-refractivity contribution < 1.29 is 9.26 Å². The first-order chi connectivity index (χ1) is 7.14. The Hall–Kier alpha value is -1.10. The SMILES string of the molecule is COc1nc(C2(N)CCC(C)CC2)no1. The standard InChI is InChI=1S/C10H17N3O2/c1-7-3-5-10(11,6-4-7)8-12-9(14-2)15-13-8/h7H,3-6,11H2,1-2H3. The minimum absolute atomic E-state index is 0.188. The highest BCUT2D eigenvalue weighted by atomic mass is 16.6. The summed E-state index contributed by atoms with van der Waals surface area (Å²) in [7, 11) is 1.50. The Balaban J connectivity index is 2.14. The summed E-state index contributed by atoms with van der Waals surface area (Å²) >= 11 is 0. The second-order valence-electron chi connectivity index (χ2n) is 4.43. The average molecular weight is 211 g/mol. The smallest absolute Gasteiger partial charge is 0.417 e. The molecule has 0 atom stereocenters. The van der Waals surface area contributed by atoms with Gasteiger partial charge in [-0.2, -0.15) is 4.98 Å². The zero-order valence-corrected chi connectivity index (χ0v) is 9.19. The van der Waals surface area contributed by atoms with E-state index in [1.807, 2.05) is 0 Å². The molecular weight excluding hydrogens is 194 g/mol. The third-order valence-corrected chi connectivity index (χ3v) is 3.19. The van der Waals surface area contributed by atoms with Crippen LogP contribution in [0.5, 0.6) is 6.08 Å². The molecule has 1 aliphatic carbocycles. The lowest BCUT2D eigenvalue weighted by Crippen LogP contribution is -2.41. The van der Waals surface area contributed by atoms with Gasteiger partial charge in [0.2, 0.25) is 0 Å². The molecule has 0 amide bonds. The van der Waals surface area contributed by atoms with Crippen molar-refractivity contribution in [3.05, 3.63) is 5.82 Å². The molecule has 84 valence electrons. The van der Waals surface area contributed by atoms with E-state index in [1.165, 1.54) is 7.11 Å². The Morgan fingerprint density at radius 1 is 1.47 bits per heavy atom. The number of methoxy groups -OCH3 is 1. The first kappa shape index (κ1) is 10.4. The van der Waals surface area contributed by atoms with E-state index in [9.17, 15) is 0 Å². The summed E-state index contributed by atoms with van der Waals surface area (Å²) in [5.41, 5.74) is 5.85. The third kappa shape index (κ3) is 1.97. The lowest BCUT2D eigenvalue weighted by atomic mass is 9.77. The maximum Gasteiger partial charge on any atom is 0.417 e. The molecule has 0 aliphatic heterocycles. The van der Waals surface area contributed by atoms with E-state index in [-0.39, 0.29) is 6.08 Å². The van der Waals surface area contributed by atoms with E-state index in [0.717, 1.165) is 31.6 Å². The predicted octanol–water partition coefficient (Wildman–Crippen LogP) is 1.44. The van der Waals surface area contributed by atoms with Crippen LogP contribution in [0.1, 0.15) is 38.4 Å². The quantitative estimate of drug-likeness (QED) is 0.801. The predicted molar refractivity (Wildman–Crippen MR) is 54.3 cm³/mol. The molecule has 0 aromatic carbocycles. The number of nitrogens with zero attached hydrogens (tertiary/aromatic N) is 2. The summed E-state index contributed by atoms with van der Waals surface area (Å²) in [6.45, 7) is 2.25. The van der Waals surface area contributed by atoms with Gasteiger partial charge < -0.3 is 10.5 Å². The molecule has 0 radical (unpaired) electrons. The molecule has 1 aromatic heterocycles. The van der Waals surface area contributed by atoms with Crippen LogP contribution in [0.3, 0.4) is 0 Å². The molecule has 5 nitrogen and oxygen atoms in total. The number of nitrogens with two attached hydrogens (primary N) is 1. The molecule has 1 aromatic rings. The van der Waals surface area contributed by atoms with Crippen molar-refractivity contribution in [3.63, 3.8) is 0 Å². The number of rotatable bonds is 2. The number of aromatic nitrogens is 2. The van der Waals surface area contributed by atoms with Gasteiger partial charge in [0.25, 0.3) is 0 Å². The molecule has 1 aliphatic rings. The normalized spacial score (nSPS) is 31.5. The van der Waals surface area contributed by atoms with Gasteiger partial charge in [0, 0.05) is 0 Å². The second kappa shape index (κ2) is 3.81. The fourth-order valence-electron chi connectivity index (χ4n) is 2.00. The Morgan fingerprint density at radius 3 is 2.67 bits per heavy atom. The zero-order chi connectivity index (χ0) is 10.9. The van der Waals surface area contributed by atoms with Crippen molar-refractivity contribution in [3.8, 4) is 6.08 Å². The molecule has 5 heteroatoms. The molecule has 0 bridgehead atoms. The fourth-order valence-corrected chi connectivity index (χ4v) is 2.00.